The van der Waals surface area contributed by atoms with Crippen molar-refractivity contribution < 1.29 is 14.6 Å². The standard InChI is InChI=1S/C9H17NO3/c11-5-1-4-10-9(12)8-2-6-13-7-3-8/h8,11H,1-7H2,(H,10,12). The van der Waals surface area contributed by atoms with Gasteiger partial charge in [0.05, 0.1) is 0 Å². The van der Waals surface area contributed by atoms with E-state index in [4.69, 9.17) is 9.84 Å². The number of rotatable bonds is 4. The van der Waals surface area contributed by atoms with Gasteiger partial charge >= 0.3 is 0 Å². The normalized spacial score (nSPS) is 18.5. The summed E-state index contributed by atoms with van der Waals surface area (Å²) in [5.41, 5.74) is 0. The van der Waals surface area contributed by atoms with Gasteiger partial charge in [0.2, 0.25) is 5.91 Å². The third kappa shape index (κ3) is 3.74. The molecule has 1 aliphatic rings. The van der Waals surface area contributed by atoms with Crippen molar-refractivity contribution in [1.82, 2.24) is 5.32 Å². The van der Waals surface area contributed by atoms with Crippen LogP contribution in [0.15, 0.2) is 0 Å². The molecule has 4 nitrogen and oxygen atoms in total. The van der Waals surface area contributed by atoms with Crippen LogP contribution in [0.4, 0.5) is 0 Å². The number of amides is 1. The third-order valence-electron chi connectivity index (χ3n) is 2.23. The maximum Gasteiger partial charge on any atom is 0.223 e. The highest BCUT2D eigenvalue weighted by Crippen LogP contribution is 2.14. The van der Waals surface area contributed by atoms with Gasteiger partial charge in [-0.25, -0.2) is 0 Å². The van der Waals surface area contributed by atoms with E-state index in [9.17, 15) is 4.79 Å². The van der Waals surface area contributed by atoms with Gasteiger partial charge in [-0.15, -0.1) is 0 Å². The highest BCUT2D eigenvalue weighted by Gasteiger charge is 2.20. The van der Waals surface area contributed by atoms with Crippen molar-refractivity contribution in [3.8, 4) is 0 Å². The van der Waals surface area contributed by atoms with Crippen LogP contribution in [0.25, 0.3) is 0 Å². The number of aliphatic hydroxyl groups is 1. The van der Waals surface area contributed by atoms with E-state index in [1.165, 1.54) is 0 Å². The van der Waals surface area contributed by atoms with E-state index in [1.54, 1.807) is 0 Å². The molecular formula is C9H17NO3. The monoisotopic (exact) mass is 187 g/mol. The van der Waals surface area contributed by atoms with E-state index < -0.39 is 0 Å². The summed E-state index contributed by atoms with van der Waals surface area (Å²) in [6, 6.07) is 0. The van der Waals surface area contributed by atoms with E-state index in [1.807, 2.05) is 0 Å². The number of hydrogen-bond acceptors (Lipinski definition) is 3. The fraction of sp³-hybridized carbons (Fsp3) is 0.889. The van der Waals surface area contributed by atoms with Gasteiger partial charge in [0.1, 0.15) is 0 Å². The van der Waals surface area contributed by atoms with Crippen LogP contribution in [0.3, 0.4) is 0 Å². The fourth-order valence-electron chi connectivity index (χ4n) is 1.39. The van der Waals surface area contributed by atoms with Crippen LogP contribution in [0.2, 0.25) is 0 Å². The molecule has 0 aromatic rings. The van der Waals surface area contributed by atoms with Crippen LogP contribution in [-0.2, 0) is 9.53 Å². The van der Waals surface area contributed by atoms with Crippen molar-refractivity contribution >= 4 is 5.91 Å². The molecule has 0 radical (unpaired) electrons. The van der Waals surface area contributed by atoms with Gasteiger partial charge in [-0.3, -0.25) is 4.79 Å². The first-order valence-corrected chi connectivity index (χ1v) is 4.81. The summed E-state index contributed by atoms with van der Waals surface area (Å²) in [4.78, 5) is 11.4. The summed E-state index contributed by atoms with van der Waals surface area (Å²) < 4.78 is 5.16. The van der Waals surface area contributed by atoms with Crippen LogP contribution in [0, 0.1) is 5.92 Å². The summed E-state index contributed by atoms with van der Waals surface area (Å²) in [6.45, 7) is 2.09. The number of carbonyl (C=O) groups is 1. The first-order chi connectivity index (χ1) is 6.34. The summed E-state index contributed by atoms with van der Waals surface area (Å²) in [5.74, 6) is 0.226. The molecule has 1 heterocycles. The lowest BCUT2D eigenvalue weighted by atomic mass is 9.99. The summed E-state index contributed by atoms with van der Waals surface area (Å²) >= 11 is 0. The number of ether oxygens (including phenoxy) is 1. The Balaban J connectivity index is 2.13. The second kappa shape index (κ2) is 5.94. The number of aliphatic hydroxyl groups excluding tert-OH is 1. The smallest absolute Gasteiger partial charge is 0.223 e. The minimum atomic E-state index is 0.108. The Morgan fingerprint density at radius 2 is 2.15 bits per heavy atom. The third-order valence-corrected chi connectivity index (χ3v) is 2.23. The van der Waals surface area contributed by atoms with E-state index in [-0.39, 0.29) is 18.4 Å². The molecule has 0 aromatic carbocycles. The van der Waals surface area contributed by atoms with Crippen molar-refractivity contribution in [1.29, 1.82) is 0 Å². The second-order valence-electron chi connectivity index (χ2n) is 3.25. The molecule has 1 aliphatic heterocycles. The van der Waals surface area contributed by atoms with Gasteiger partial charge in [0.15, 0.2) is 0 Å². The summed E-state index contributed by atoms with van der Waals surface area (Å²) in [6.07, 6.45) is 2.28. The van der Waals surface area contributed by atoms with Gasteiger partial charge < -0.3 is 15.2 Å². The minimum absolute atomic E-state index is 0.108. The Labute approximate surface area is 78.3 Å². The molecular weight excluding hydrogens is 170 g/mol. The number of nitrogens with one attached hydrogen (secondary N) is 1. The fourth-order valence-corrected chi connectivity index (χ4v) is 1.39. The first kappa shape index (κ1) is 10.5. The lowest BCUT2D eigenvalue weighted by Gasteiger charge is -2.20. The number of carbonyl (C=O) groups excluding carboxylic acids is 1. The highest BCUT2D eigenvalue weighted by molar-refractivity contribution is 5.78. The molecule has 0 spiro atoms. The topological polar surface area (TPSA) is 58.6 Å². The molecule has 1 saturated heterocycles. The molecule has 1 amide bonds. The summed E-state index contributed by atoms with van der Waals surface area (Å²) in [5, 5.41) is 11.3. The van der Waals surface area contributed by atoms with Crippen LogP contribution in [0.5, 0.6) is 0 Å². The van der Waals surface area contributed by atoms with E-state index in [0.717, 1.165) is 12.8 Å². The van der Waals surface area contributed by atoms with Crippen molar-refractivity contribution in [3.63, 3.8) is 0 Å². The molecule has 1 fully saturated rings. The average molecular weight is 187 g/mol. The lowest BCUT2D eigenvalue weighted by Crippen LogP contribution is -2.34. The van der Waals surface area contributed by atoms with Gasteiger partial charge in [-0.05, 0) is 19.3 Å². The summed E-state index contributed by atoms with van der Waals surface area (Å²) in [7, 11) is 0. The van der Waals surface area contributed by atoms with Crippen LogP contribution in [0.1, 0.15) is 19.3 Å². The maximum atomic E-state index is 11.4. The molecule has 4 heteroatoms. The van der Waals surface area contributed by atoms with Gasteiger partial charge in [0, 0.05) is 32.3 Å². The zero-order valence-corrected chi connectivity index (χ0v) is 7.79. The molecule has 76 valence electrons. The number of hydrogen-bond donors (Lipinski definition) is 2. The Bertz CT molecular complexity index is 155. The van der Waals surface area contributed by atoms with Gasteiger partial charge in [-0.2, -0.15) is 0 Å². The molecule has 0 aromatic heterocycles. The molecule has 1 rings (SSSR count). The minimum Gasteiger partial charge on any atom is -0.396 e. The second-order valence-corrected chi connectivity index (χ2v) is 3.25. The zero-order chi connectivity index (χ0) is 9.52. The van der Waals surface area contributed by atoms with Crippen LogP contribution < -0.4 is 5.32 Å². The van der Waals surface area contributed by atoms with Crippen molar-refractivity contribution in [2.75, 3.05) is 26.4 Å². The molecule has 13 heavy (non-hydrogen) atoms. The zero-order valence-electron chi connectivity index (χ0n) is 7.79. The van der Waals surface area contributed by atoms with E-state index in [0.29, 0.717) is 26.2 Å². The van der Waals surface area contributed by atoms with Gasteiger partial charge in [-0.1, -0.05) is 0 Å². The lowest BCUT2D eigenvalue weighted by molar-refractivity contribution is -0.127. The van der Waals surface area contributed by atoms with Crippen LogP contribution in [-0.4, -0.2) is 37.4 Å². The maximum absolute atomic E-state index is 11.4. The van der Waals surface area contributed by atoms with Crippen molar-refractivity contribution in [3.05, 3.63) is 0 Å². The predicted molar refractivity (Wildman–Crippen MR) is 48.3 cm³/mol. The highest BCUT2D eigenvalue weighted by atomic mass is 16.5. The predicted octanol–water partition coefficient (Wildman–Crippen LogP) is -0.0884. The quantitative estimate of drug-likeness (QED) is 0.605. The Kier molecular flexibility index (Phi) is 4.78. The molecule has 0 bridgehead atoms. The van der Waals surface area contributed by atoms with Crippen LogP contribution >= 0.6 is 0 Å². The van der Waals surface area contributed by atoms with E-state index in [2.05, 4.69) is 5.32 Å². The van der Waals surface area contributed by atoms with E-state index >= 15 is 0 Å². The molecule has 0 aliphatic carbocycles. The Morgan fingerprint density at radius 1 is 1.46 bits per heavy atom. The Hall–Kier alpha value is -0.610. The van der Waals surface area contributed by atoms with Crippen molar-refractivity contribution in [2.24, 2.45) is 5.92 Å². The van der Waals surface area contributed by atoms with Gasteiger partial charge in [0.25, 0.3) is 0 Å². The average Bonchev–Trinajstić information content (AvgIpc) is 2.19. The molecule has 2 N–H and O–H groups in total. The first-order valence-electron chi connectivity index (χ1n) is 4.81. The largest absolute Gasteiger partial charge is 0.396 e. The SMILES string of the molecule is O=C(NCCCO)C1CCOCC1. The molecule has 0 atom stereocenters. The van der Waals surface area contributed by atoms with Crippen molar-refractivity contribution in [2.45, 2.75) is 19.3 Å². The Morgan fingerprint density at radius 3 is 2.77 bits per heavy atom. The molecule has 0 unspecified atom stereocenters. The molecule has 0 saturated carbocycles.